The summed E-state index contributed by atoms with van der Waals surface area (Å²) in [6, 6.07) is 0. The van der Waals surface area contributed by atoms with E-state index in [0.717, 1.165) is 12.8 Å². The number of ether oxygens (including phenoxy) is 1. The molecule has 7 heteroatoms. The first kappa shape index (κ1) is 19.8. The highest BCUT2D eigenvalue weighted by atomic mass is 35.5. The van der Waals surface area contributed by atoms with Crippen LogP contribution in [-0.4, -0.2) is 41.9 Å². The summed E-state index contributed by atoms with van der Waals surface area (Å²) in [5.41, 5.74) is 5.83. The number of esters is 1. The molecule has 1 atom stereocenters. The first-order valence-electron chi connectivity index (χ1n) is 8.97. The average Bonchev–Trinajstić information content (AvgIpc) is 2.59. The molecule has 1 fully saturated rings. The smallest absolute Gasteiger partial charge is 0.335 e. The van der Waals surface area contributed by atoms with Gasteiger partial charge in [0.15, 0.2) is 6.10 Å². The van der Waals surface area contributed by atoms with Crippen LogP contribution in [0.4, 0.5) is 0 Å². The summed E-state index contributed by atoms with van der Waals surface area (Å²) >= 11 is 6.15. The molecule has 0 radical (unpaired) electrons. The summed E-state index contributed by atoms with van der Waals surface area (Å²) in [6.45, 7) is 4.61. The molecule has 1 aliphatic carbocycles. The van der Waals surface area contributed by atoms with Crippen molar-refractivity contribution in [3.63, 3.8) is 0 Å². The minimum Gasteiger partial charge on any atom is -0.449 e. The van der Waals surface area contributed by atoms with Gasteiger partial charge in [-0.05, 0) is 44.4 Å². The van der Waals surface area contributed by atoms with E-state index in [2.05, 4.69) is 0 Å². The summed E-state index contributed by atoms with van der Waals surface area (Å²) < 4.78 is 5.55. The summed E-state index contributed by atoms with van der Waals surface area (Å²) in [6.07, 6.45) is 3.43. The highest BCUT2D eigenvalue weighted by Gasteiger charge is 2.34. The van der Waals surface area contributed by atoms with E-state index in [-0.39, 0.29) is 23.7 Å². The Morgan fingerprint density at radius 1 is 1.16 bits per heavy atom. The quantitative estimate of drug-likeness (QED) is 0.752. The number of allylic oxidation sites excluding steroid dienone is 1. The van der Waals surface area contributed by atoms with Crippen molar-refractivity contribution in [3.05, 3.63) is 10.6 Å². The third kappa shape index (κ3) is 4.97. The monoisotopic (exact) mass is 370 g/mol. The van der Waals surface area contributed by atoms with Crippen LogP contribution >= 0.6 is 11.6 Å². The molecular formula is C18H27ClN2O4. The summed E-state index contributed by atoms with van der Waals surface area (Å²) in [5, 5.41) is 0.550. The van der Waals surface area contributed by atoms with Crippen LogP contribution in [0.25, 0.3) is 0 Å². The number of primary amides is 1. The van der Waals surface area contributed by atoms with Gasteiger partial charge >= 0.3 is 5.97 Å². The van der Waals surface area contributed by atoms with Gasteiger partial charge in [-0.15, -0.1) is 0 Å². The zero-order chi connectivity index (χ0) is 18.6. The second-order valence-corrected chi connectivity index (χ2v) is 7.62. The molecule has 2 amide bonds. The fourth-order valence-electron chi connectivity index (χ4n) is 3.30. The zero-order valence-electron chi connectivity index (χ0n) is 14.9. The van der Waals surface area contributed by atoms with Gasteiger partial charge in [-0.2, -0.15) is 0 Å². The predicted molar refractivity (Wildman–Crippen MR) is 94.6 cm³/mol. The van der Waals surface area contributed by atoms with Crippen LogP contribution in [0.15, 0.2) is 10.6 Å². The summed E-state index contributed by atoms with van der Waals surface area (Å²) in [5.74, 6) is -1.34. The number of likely N-dealkylation sites (tertiary alicyclic amines) is 1. The van der Waals surface area contributed by atoms with Gasteiger partial charge in [-0.3, -0.25) is 9.59 Å². The molecule has 0 aromatic rings. The Bertz CT molecular complexity index is 565. The van der Waals surface area contributed by atoms with E-state index in [9.17, 15) is 14.4 Å². The maximum atomic E-state index is 12.8. The van der Waals surface area contributed by atoms with Crippen molar-refractivity contribution in [2.75, 3.05) is 13.1 Å². The third-order valence-corrected chi connectivity index (χ3v) is 5.36. The number of nitrogens with two attached hydrogens (primary N) is 1. The molecule has 2 rings (SSSR count). The number of hydrogen-bond donors (Lipinski definition) is 1. The summed E-state index contributed by atoms with van der Waals surface area (Å²) in [7, 11) is 0. The van der Waals surface area contributed by atoms with E-state index in [0.29, 0.717) is 49.4 Å². The fourth-order valence-corrected chi connectivity index (χ4v) is 3.61. The molecule has 0 bridgehead atoms. The predicted octanol–water partition coefficient (Wildman–Crippen LogP) is 2.35. The maximum absolute atomic E-state index is 12.8. The van der Waals surface area contributed by atoms with Crippen molar-refractivity contribution in [1.82, 2.24) is 4.90 Å². The van der Waals surface area contributed by atoms with Crippen LogP contribution in [0.1, 0.15) is 52.4 Å². The molecule has 2 aliphatic rings. The number of piperidine rings is 1. The molecule has 0 spiro atoms. The van der Waals surface area contributed by atoms with Crippen molar-refractivity contribution in [2.45, 2.75) is 58.5 Å². The number of carbonyl (C=O) groups is 3. The minimum absolute atomic E-state index is 0.145. The Balaban J connectivity index is 2.01. The largest absolute Gasteiger partial charge is 0.449 e. The lowest BCUT2D eigenvalue weighted by atomic mass is 9.95. The molecule has 0 saturated carbocycles. The first-order valence-corrected chi connectivity index (χ1v) is 9.35. The molecule has 6 nitrogen and oxygen atoms in total. The molecule has 0 aromatic heterocycles. The van der Waals surface area contributed by atoms with E-state index in [4.69, 9.17) is 22.1 Å². The summed E-state index contributed by atoms with van der Waals surface area (Å²) in [4.78, 5) is 38.2. The minimum atomic E-state index is -0.837. The zero-order valence-corrected chi connectivity index (χ0v) is 15.7. The van der Waals surface area contributed by atoms with Gasteiger partial charge in [-0.25, -0.2) is 4.79 Å². The lowest BCUT2D eigenvalue weighted by Crippen LogP contribution is -2.48. The van der Waals surface area contributed by atoms with Gasteiger partial charge in [0.05, 0.1) is 5.57 Å². The number of nitrogens with zero attached hydrogens (tertiary/aromatic N) is 1. The van der Waals surface area contributed by atoms with Gasteiger partial charge in [0.25, 0.3) is 5.91 Å². The molecule has 1 aliphatic heterocycles. The van der Waals surface area contributed by atoms with Crippen molar-refractivity contribution < 1.29 is 19.1 Å². The van der Waals surface area contributed by atoms with Crippen LogP contribution in [0.2, 0.25) is 0 Å². The van der Waals surface area contributed by atoms with Crippen molar-refractivity contribution in [1.29, 1.82) is 0 Å². The van der Waals surface area contributed by atoms with E-state index in [1.54, 1.807) is 4.90 Å². The average molecular weight is 371 g/mol. The SMILES string of the molecule is CC(C)[C@H](OC(=O)C1=C(Cl)CCCC1)C(=O)N1CCC(C(N)=O)CC1. The molecule has 0 aromatic carbocycles. The molecule has 2 N–H and O–H groups in total. The third-order valence-electron chi connectivity index (χ3n) is 4.94. The second kappa shape index (κ2) is 8.70. The van der Waals surface area contributed by atoms with Gasteiger partial charge in [0.1, 0.15) is 0 Å². The van der Waals surface area contributed by atoms with E-state index in [1.165, 1.54) is 0 Å². The molecule has 1 saturated heterocycles. The van der Waals surface area contributed by atoms with Crippen LogP contribution in [0.3, 0.4) is 0 Å². The van der Waals surface area contributed by atoms with Crippen molar-refractivity contribution in [3.8, 4) is 0 Å². The van der Waals surface area contributed by atoms with E-state index >= 15 is 0 Å². The van der Waals surface area contributed by atoms with Crippen LogP contribution in [-0.2, 0) is 19.1 Å². The van der Waals surface area contributed by atoms with E-state index in [1.807, 2.05) is 13.8 Å². The maximum Gasteiger partial charge on any atom is 0.335 e. The number of hydrogen-bond acceptors (Lipinski definition) is 4. The topological polar surface area (TPSA) is 89.7 Å². The Hall–Kier alpha value is -1.56. The Morgan fingerprint density at radius 2 is 1.76 bits per heavy atom. The highest BCUT2D eigenvalue weighted by molar-refractivity contribution is 6.31. The highest BCUT2D eigenvalue weighted by Crippen LogP contribution is 2.29. The molecule has 140 valence electrons. The molecular weight excluding hydrogens is 344 g/mol. The second-order valence-electron chi connectivity index (χ2n) is 7.16. The van der Waals surface area contributed by atoms with Gasteiger partial charge < -0.3 is 15.4 Å². The van der Waals surface area contributed by atoms with Crippen LogP contribution in [0.5, 0.6) is 0 Å². The Labute approximate surface area is 153 Å². The van der Waals surface area contributed by atoms with Crippen LogP contribution in [0, 0.1) is 11.8 Å². The van der Waals surface area contributed by atoms with Crippen LogP contribution < -0.4 is 5.73 Å². The molecule has 0 unspecified atom stereocenters. The number of halogens is 1. The Morgan fingerprint density at radius 3 is 2.28 bits per heavy atom. The standard InChI is InChI=1S/C18H27ClN2O4/c1-11(2)15(25-18(24)13-5-3-4-6-14(13)19)17(23)21-9-7-12(8-10-21)16(20)22/h11-12,15H,3-10H2,1-2H3,(H2,20,22)/t15-/m0/s1. The van der Waals surface area contributed by atoms with E-state index < -0.39 is 12.1 Å². The van der Waals surface area contributed by atoms with Gasteiger partial charge in [0.2, 0.25) is 5.91 Å². The number of rotatable bonds is 5. The molecule has 25 heavy (non-hydrogen) atoms. The first-order chi connectivity index (χ1) is 11.8. The van der Waals surface area contributed by atoms with Crippen molar-refractivity contribution >= 4 is 29.4 Å². The number of carbonyl (C=O) groups excluding carboxylic acids is 3. The Kier molecular flexibility index (Phi) is 6.87. The van der Waals surface area contributed by atoms with Gasteiger partial charge in [-0.1, -0.05) is 25.4 Å². The lowest BCUT2D eigenvalue weighted by molar-refractivity contribution is -0.161. The fraction of sp³-hybridized carbons (Fsp3) is 0.722. The normalized spacial score (nSPS) is 20.6. The number of amides is 2. The lowest BCUT2D eigenvalue weighted by Gasteiger charge is -2.34. The molecule has 1 heterocycles. The van der Waals surface area contributed by atoms with Crippen molar-refractivity contribution in [2.24, 2.45) is 17.6 Å². The van der Waals surface area contributed by atoms with Gasteiger partial charge in [0, 0.05) is 24.0 Å².